The Morgan fingerprint density at radius 3 is 2.55 bits per heavy atom. The lowest BCUT2D eigenvalue weighted by atomic mass is 10.1. The van der Waals surface area contributed by atoms with Crippen molar-refractivity contribution in [2.24, 2.45) is 5.10 Å². The molecule has 0 aliphatic carbocycles. The normalized spacial score (nSPS) is 11.2. The van der Waals surface area contributed by atoms with Gasteiger partial charge in [-0.25, -0.2) is 4.98 Å². The third-order valence-corrected chi connectivity index (χ3v) is 7.50. The summed E-state index contributed by atoms with van der Waals surface area (Å²) in [5.74, 6) is 1.59. The Labute approximate surface area is 274 Å². The molecule has 0 spiro atoms. The van der Waals surface area contributed by atoms with E-state index < -0.39 is 0 Å². The van der Waals surface area contributed by atoms with E-state index in [1.54, 1.807) is 67.8 Å². The molecule has 11 heteroatoms. The van der Waals surface area contributed by atoms with Gasteiger partial charge in [-0.05, 0) is 78.7 Å². The van der Waals surface area contributed by atoms with Crippen LogP contribution in [-0.2, 0) is 11.2 Å². The first kappa shape index (κ1) is 31.1. The van der Waals surface area contributed by atoms with Crippen molar-refractivity contribution in [1.82, 2.24) is 9.66 Å². The third-order valence-electron chi connectivity index (χ3n) is 7.25. The third kappa shape index (κ3) is 6.58. The first-order valence-electron chi connectivity index (χ1n) is 14.5. The van der Waals surface area contributed by atoms with Gasteiger partial charge in [0, 0.05) is 16.3 Å². The minimum absolute atomic E-state index is 0.216. The summed E-state index contributed by atoms with van der Waals surface area (Å²) in [5.41, 5.74) is 2.60. The van der Waals surface area contributed by atoms with Crippen LogP contribution in [0.4, 0.5) is 5.69 Å². The molecule has 10 nitrogen and oxygen atoms in total. The summed E-state index contributed by atoms with van der Waals surface area (Å²) < 4.78 is 24.4. The van der Waals surface area contributed by atoms with E-state index in [9.17, 15) is 9.59 Å². The number of fused-ring (bicyclic) bond motifs is 2. The van der Waals surface area contributed by atoms with Crippen molar-refractivity contribution in [2.45, 2.75) is 6.42 Å². The van der Waals surface area contributed by atoms with Crippen LogP contribution < -0.4 is 25.1 Å². The standard InChI is InChI=1S/C36H29ClN4O6/c1-4-8-23-17-22(18-31(45-3)34(23)46-21-33(42)39-25-15-13-24(37)14-16-25)20-38-41-35(40-28-10-6-5-9-26(28)36(41)43)32-19-27-29(44-2)11-7-12-30(27)47-32/h4-7,9-20H,1,8,21H2,2-3H3,(H,39,42). The van der Waals surface area contributed by atoms with E-state index >= 15 is 0 Å². The number of carbonyl (C=O) groups excluding carboxylic acids is 1. The molecule has 0 bridgehead atoms. The molecule has 2 aromatic heterocycles. The highest BCUT2D eigenvalue weighted by Gasteiger charge is 2.19. The fourth-order valence-electron chi connectivity index (χ4n) is 5.09. The number of amides is 1. The monoisotopic (exact) mass is 648 g/mol. The van der Waals surface area contributed by atoms with E-state index in [0.717, 1.165) is 5.39 Å². The smallest absolute Gasteiger partial charge is 0.282 e. The number of benzene rings is 4. The minimum Gasteiger partial charge on any atom is -0.496 e. The van der Waals surface area contributed by atoms with Crippen molar-refractivity contribution in [3.8, 4) is 28.8 Å². The van der Waals surface area contributed by atoms with E-state index in [0.29, 0.717) is 67.8 Å². The second-order valence-corrected chi connectivity index (χ2v) is 10.8. The lowest BCUT2D eigenvalue weighted by Crippen LogP contribution is -2.21. The predicted molar refractivity (Wildman–Crippen MR) is 183 cm³/mol. The molecule has 2 heterocycles. The van der Waals surface area contributed by atoms with Crippen LogP contribution in [-0.4, -0.2) is 42.6 Å². The van der Waals surface area contributed by atoms with Gasteiger partial charge < -0.3 is 23.9 Å². The van der Waals surface area contributed by atoms with E-state index in [-0.39, 0.29) is 23.9 Å². The number of nitrogens with one attached hydrogen (secondary N) is 1. The Balaban J connectivity index is 1.36. The predicted octanol–water partition coefficient (Wildman–Crippen LogP) is 7.11. The molecular formula is C36H29ClN4O6. The Morgan fingerprint density at radius 1 is 1.00 bits per heavy atom. The van der Waals surface area contributed by atoms with Gasteiger partial charge in [0.15, 0.2) is 23.9 Å². The molecule has 236 valence electrons. The lowest BCUT2D eigenvalue weighted by molar-refractivity contribution is -0.118. The van der Waals surface area contributed by atoms with Gasteiger partial charge >= 0.3 is 0 Å². The van der Waals surface area contributed by atoms with Crippen LogP contribution in [0.5, 0.6) is 17.2 Å². The maximum atomic E-state index is 13.8. The summed E-state index contributed by atoms with van der Waals surface area (Å²) in [6.07, 6.45) is 3.65. The summed E-state index contributed by atoms with van der Waals surface area (Å²) in [6.45, 7) is 3.59. The number of nitrogens with zero attached hydrogens (tertiary/aromatic N) is 3. The topological polar surface area (TPSA) is 117 Å². The van der Waals surface area contributed by atoms with Crippen LogP contribution in [0.3, 0.4) is 0 Å². The number of aromatic nitrogens is 2. The highest BCUT2D eigenvalue weighted by molar-refractivity contribution is 6.30. The molecule has 0 aliphatic heterocycles. The maximum Gasteiger partial charge on any atom is 0.282 e. The van der Waals surface area contributed by atoms with Crippen molar-refractivity contribution in [1.29, 1.82) is 0 Å². The fourth-order valence-corrected chi connectivity index (χ4v) is 5.21. The Hall–Kier alpha value is -5.87. The lowest BCUT2D eigenvalue weighted by Gasteiger charge is -2.16. The first-order chi connectivity index (χ1) is 22.9. The number of carbonyl (C=O) groups is 1. The molecule has 4 aromatic carbocycles. The number of anilines is 1. The van der Waals surface area contributed by atoms with E-state index in [2.05, 4.69) is 17.0 Å². The highest BCUT2D eigenvalue weighted by atomic mass is 35.5. The number of allylic oxidation sites excluding steroid dienone is 1. The number of furan rings is 1. The Kier molecular flexibility index (Phi) is 9.03. The zero-order chi connectivity index (χ0) is 32.9. The quantitative estimate of drug-likeness (QED) is 0.118. The number of hydrogen-bond donors (Lipinski definition) is 1. The zero-order valence-corrected chi connectivity index (χ0v) is 26.3. The average molecular weight is 649 g/mol. The molecule has 6 rings (SSSR count). The zero-order valence-electron chi connectivity index (χ0n) is 25.5. The second-order valence-electron chi connectivity index (χ2n) is 10.3. The van der Waals surface area contributed by atoms with Crippen molar-refractivity contribution in [3.05, 3.63) is 124 Å². The molecule has 0 radical (unpaired) electrons. The number of hydrogen-bond acceptors (Lipinski definition) is 8. The summed E-state index contributed by atoms with van der Waals surface area (Å²) in [7, 11) is 3.08. The van der Waals surface area contributed by atoms with Crippen molar-refractivity contribution in [2.75, 3.05) is 26.1 Å². The number of ether oxygens (including phenoxy) is 3. The van der Waals surface area contributed by atoms with Gasteiger partial charge in [0.05, 0.1) is 36.7 Å². The number of rotatable bonds is 11. The molecule has 1 amide bonds. The SMILES string of the molecule is C=CCc1cc(C=Nn2c(-c3cc4c(OC)cccc4o3)nc3ccccc3c2=O)cc(OC)c1OCC(=O)Nc1ccc(Cl)cc1. The van der Waals surface area contributed by atoms with Crippen LogP contribution in [0.15, 0.2) is 112 Å². The van der Waals surface area contributed by atoms with E-state index in [4.69, 9.17) is 35.2 Å². The summed E-state index contributed by atoms with van der Waals surface area (Å²) in [5, 5.41) is 9.05. The van der Waals surface area contributed by atoms with Gasteiger partial charge in [-0.2, -0.15) is 9.78 Å². The van der Waals surface area contributed by atoms with Crippen molar-refractivity contribution in [3.63, 3.8) is 0 Å². The molecule has 1 N–H and O–H groups in total. The van der Waals surface area contributed by atoms with Gasteiger partial charge in [-0.3, -0.25) is 9.59 Å². The minimum atomic E-state index is -0.376. The fraction of sp³-hybridized carbons (Fsp3) is 0.111. The molecule has 0 saturated carbocycles. The van der Waals surface area contributed by atoms with Gasteiger partial charge in [-0.1, -0.05) is 35.9 Å². The summed E-state index contributed by atoms with van der Waals surface area (Å²) in [6, 6.07) is 24.6. The largest absolute Gasteiger partial charge is 0.496 e. The molecule has 0 fully saturated rings. The maximum absolute atomic E-state index is 13.8. The van der Waals surface area contributed by atoms with Crippen LogP contribution in [0, 0.1) is 0 Å². The Morgan fingerprint density at radius 2 is 1.79 bits per heavy atom. The molecule has 0 saturated heterocycles. The van der Waals surface area contributed by atoms with Crippen molar-refractivity contribution < 1.29 is 23.4 Å². The molecular weight excluding hydrogens is 620 g/mol. The summed E-state index contributed by atoms with van der Waals surface area (Å²) in [4.78, 5) is 31.1. The average Bonchev–Trinajstić information content (AvgIpc) is 3.53. The molecule has 0 aliphatic rings. The summed E-state index contributed by atoms with van der Waals surface area (Å²) >= 11 is 5.94. The van der Waals surface area contributed by atoms with Crippen molar-refractivity contribution >= 4 is 51.3 Å². The van der Waals surface area contributed by atoms with Crippen LogP contribution in [0.2, 0.25) is 5.02 Å². The molecule has 0 atom stereocenters. The van der Waals surface area contributed by atoms with Gasteiger partial charge in [-0.15, -0.1) is 6.58 Å². The van der Waals surface area contributed by atoms with Crippen LogP contribution >= 0.6 is 11.6 Å². The number of para-hydroxylation sites is 1. The Bertz CT molecular complexity index is 2200. The van der Waals surface area contributed by atoms with Gasteiger partial charge in [0.1, 0.15) is 11.3 Å². The van der Waals surface area contributed by atoms with E-state index in [1.165, 1.54) is 18.0 Å². The van der Waals surface area contributed by atoms with Gasteiger partial charge in [0.2, 0.25) is 5.82 Å². The van der Waals surface area contributed by atoms with Crippen LogP contribution in [0.25, 0.3) is 33.5 Å². The molecule has 0 unspecified atom stereocenters. The second kappa shape index (κ2) is 13.6. The molecule has 6 aromatic rings. The molecule has 47 heavy (non-hydrogen) atoms. The van der Waals surface area contributed by atoms with E-state index in [1.807, 2.05) is 30.3 Å². The highest BCUT2D eigenvalue weighted by Crippen LogP contribution is 2.34. The number of methoxy groups -OCH3 is 2. The van der Waals surface area contributed by atoms with Gasteiger partial charge in [0.25, 0.3) is 11.5 Å². The van der Waals surface area contributed by atoms with Crippen LogP contribution in [0.1, 0.15) is 11.1 Å². The number of halogens is 1. The first-order valence-corrected chi connectivity index (χ1v) is 14.9.